The Hall–Kier alpha value is -2.67. The third kappa shape index (κ3) is 6.04. The largest absolute Gasteiger partial charge is 0.361 e. The van der Waals surface area contributed by atoms with Crippen molar-refractivity contribution in [3.8, 4) is 0 Å². The molecule has 2 rings (SSSR count). The average Bonchev–Trinajstić information content (AvgIpc) is 3.01. The van der Waals surface area contributed by atoms with Gasteiger partial charge in [-0.05, 0) is 26.6 Å². The third-order valence-electron chi connectivity index (χ3n) is 3.62. The van der Waals surface area contributed by atoms with Crippen molar-refractivity contribution in [2.75, 3.05) is 27.2 Å². The molecular weight excluding hydrogens is 320 g/mol. The van der Waals surface area contributed by atoms with Gasteiger partial charge in [-0.1, -0.05) is 35.5 Å². The van der Waals surface area contributed by atoms with Crippen molar-refractivity contribution in [1.82, 2.24) is 20.7 Å². The number of carbonyl (C=O) groups is 2. The fourth-order valence-electron chi connectivity index (χ4n) is 2.29. The summed E-state index contributed by atoms with van der Waals surface area (Å²) in [6.45, 7) is 2.94. The van der Waals surface area contributed by atoms with E-state index in [1.165, 1.54) is 0 Å². The minimum atomic E-state index is -0.686. The smallest absolute Gasteiger partial charge is 0.274 e. The molecule has 0 bridgehead atoms. The Morgan fingerprint density at radius 3 is 2.56 bits per heavy atom. The SMILES string of the molecule is Cc1cc(C(=O)N[C@@H](Cc2ccccc2)C(=O)NCCN(C)C)no1. The number of benzene rings is 1. The lowest BCUT2D eigenvalue weighted by Gasteiger charge is -2.19. The van der Waals surface area contributed by atoms with E-state index >= 15 is 0 Å². The van der Waals surface area contributed by atoms with Crippen molar-refractivity contribution in [3.63, 3.8) is 0 Å². The molecule has 134 valence electrons. The second-order valence-electron chi connectivity index (χ2n) is 6.13. The van der Waals surface area contributed by atoms with Gasteiger partial charge in [0.05, 0.1) is 0 Å². The first-order valence-electron chi connectivity index (χ1n) is 8.16. The van der Waals surface area contributed by atoms with Crippen molar-refractivity contribution >= 4 is 11.8 Å². The van der Waals surface area contributed by atoms with E-state index in [1.54, 1.807) is 13.0 Å². The van der Waals surface area contributed by atoms with Gasteiger partial charge in [0.2, 0.25) is 5.91 Å². The molecule has 2 N–H and O–H groups in total. The zero-order chi connectivity index (χ0) is 18.2. The van der Waals surface area contributed by atoms with Crippen LogP contribution in [0.5, 0.6) is 0 Å². The fourth-order valence-corrected chi connectivity index (χ4v) is 2.29. The van der Waals surface area contributed by atoms with Gasteiger partial charge < -0.3 is 20.1 Å². The second-order valence-corrected chi connectivity index (χ2v) is 6.13. The molecule has 0 aliphatic heterocycles. The molecule has 2 aromatic rings. The van der Waals surface area contributed by atoms with E-state index in [9.17, 15) is 9.59 Å². The molecule has 25 heavy (non-hydrogen) atoms. The van der Waals surface area contributed by atoms with Crippen molar-refractivity contribution < 1.29 is 14.1 Å². The molecule has 1 atom stereocenters. The highest BCUT2D eigenvalue weighted by Crippen LogP contribution is 2.06. The van der Waals surface area contributed by atoms with E-state index < -0.39 is 11.9 Å². The summed E-state index contributed by atoms with van der Waals surface area (Å²) in [4.78, 5) is 26.8. The van der Waals surface area contributed by atoms with Gasteiger partial charge in [0.25, 0.3) is 5.91 Å². The Kier molecular flexibility index (Phi) is 6.71. The van der Waals surface area contributed by atoms with E-state index in [0.717, 1.165) is 12.1 Å². The number of likely N-dealkylation sites (N-methyl/N-ethyl adjacent to an activating group) is 1. The van der Waals surface area contributed by atoms with Gasteiger partial charge in [0, 0.05) is 25.6 Å². The van der Waals surface area contributed by atoms with Crippen LogP contribution in [0.25, 0.3) is 0 Å². The number of aromatic nitrogens is 1. The summed E-state index contributed by atoms with van der Waals surface area (Å²) < 4.78 is 4.92. The number of rotatable bonds is 8. The summed E-state index contributed by atoms with van der Waals surface area (Å²) in [5, 5.41) is 9.30. The number of nitrogens with one attached hydrogen (secondary N) is 2. The molecule has 1 aromatic carbocycles. The summed E-state index contributed by atoms with van der Waals surface area (Å²) in [6, 6.07) is 10.4. The molecule has 0 aliphatic rings. The summed E-state index contributed by atoms with van der Waals surface area (Å²) in [7, 11) is 3.87. The van der Waals surface area contributed by atoms with Crippen molar-refractivity contribution in [2.24, 2.45) is 0 Å². The third-order valence-corrected chi connectivity index (χ3v) is 3.62. The molecule has 0 unspecified atom stereocenters. The molecule has 0 fully saturated rings. The summed E-state index contributed by atoms with van der Waals surface area (Å²) >= 11 is 0. The van der Waals surface area contributed by atoms with Crippen LogP contribution in [0.4, 0.5) is 0 Å². The predicted molar refractivity (Wildman–Crippen MR) is 94.2 cm³/mol. The lowest BCUT2D eigenvalue weighted by Crippen LogP contribution is -2.49. The lowest BCUT2D eigenvalue weighted by atomic mass is 10.0. The van der Waals surface area contributed by atoms with Crippen LogP contribution in [0.3, 0.4) is 0 Å². The highest BCUT2D eigenvalue weighted by Gasteiger charge is 2.23. The number of carbonyl (C=O) groups excluding carboxylic acids is 2. The van der Waals surface area contributed by atoms with Crippen molar-refractivity contribution in [3.05, 3.63) is 53.4 Å². The van der Waals surface area contributed by atoms with Gasteiger partial charge in [-0.15, -0.1) is 0 Å². The van der Waals surface area contributed by atoms with Crippen LogP contribution < -0.4 is 10.6 Å². The molecule has 0 radical (unpaired) electrons. The van der Waals surface area contributed by atoms with Crippen molar-refractivity contribution in [1.29, 1.82) is 0 Å². The van der Waals surface area contributed by atoms with Gasteiger partial charge in [-0.3, -0.25) is 9.59 Å². The number of aryl methyl sites for hydroxylation is 1. The van der Waals surface area contributed by atoms with Crippen LogP contribution in [0.1, 0.15) is 21.8 Å². The van der Waals surface area contributed by atoms with E-state index in [4.69, 9.17) is 4.52 Å². The van der Waals surface area contributed by atoms with Crippen LogP contribution in [0, 0.1) is 6.92 Å². The summed E-state index contributed by atoms with van der Waals surface area (Å²) in [5.41, 5.74) is 1.13. The number of nitrogens with zero attached hydrogens (tertiary/aromatic N) is 2. The van der Waals surface area contributed by atoms with E-state index in [2.05, 4.69) is 15.8 Å². The Balaban J connectivity index is 2.05. The number of hydrogen-bond donors (Lipinski definition) is 2. The van der Waals surface area contributed by atoms with Gasteiger partial charge in [-0.2, -0.15) is 0 Å². The van der Waals surface area contributed by atoms with Crippen LogP contribution in [-0.2, 0) is 11.2 Å². The van der Waals surface area contributed by atoms with Gasteiger partial charge in [0.1, 0.15) is 11.8 Å². The number of hydrogen-bond acceptors (Lipinski definition) is 5. The molecular formula is C18H24N4O3. The topological polar surface area (TPSA) is 87.5 Å². The normalized spacial score (nSPS) is 12.0. The van der Waals surface area contributed by atoms with Gasteiger partial charge >= 0.3 is 0 Å². The molecule has 0 saturated carbocycles. The maximum absolute atomic E-state index is 12.5. The molecule has 2 amide bonds. The zero-order valence-corrected chi connectivity index (χ0v) is 14.8. The Morgan fingerprint density at radius 1 is 1.24 bits per heavy atom. The monoisotopic (exact) mass is 344 g/mol. The number of amides is 2. The average molecular weight is 344 g/mol. The highest BCUT2D eigenvalue weighted by molar-refractivity contribution is 5.96. The van der Waals surface area contributed by atoms with Gasteiger partial charge in [-0.25, -0.2) is 0 Å². The van der Waals surface area contributed by atoms with Crippen LogP contribution >= 0.6 is 0 Å². The molecule has 0 saturated heterocycles. The second kappa shape index (κ2) is 8.98. The highest BCUT2D eigenvalue weighted by atomic mass is 16.5. The minimum Gasteiger partial charge on any atom is -0.361 e. The Labute approximate surface area is 147 Å². The van der Waals surface area contributed by atoms with Crippen LogP contribution in [0.15, 0.2) is 40.9 Å². The minimum absolute atomic E-state index is 0.164. The molecule has 0 spiro atoms. The van der Waals surface area contributed by atoms with E-state index in [-0.39, 0.29) is 11.6 Å². The first-order chi connectivity index (χ1) is 12.0. The van der Waals surface area contributed by atoms with E-state index in [1.807, 2.05) is 49.3 Å². The molecule has 7 heteroatoms. The quantitative estimate of drug-likeness (QED) is 0.746. The Bertz CT molecular complexity index is 697. The van der Waals surface area contributed by atoms with Gasteiger partial charge in [0.15, 0.2) is 5.69 Å². The standard InChI is InChI=1S/C18H24N4O3/c1-13-11-16(21-25-13)18(24)20-15(12-14-7-5-4-6-8-14)17(23)19-9-10-22(2)3/h4-8,11,15H,9-10,12H2,1-3H3,(H,19,23)(H,20,24)/t15-/m0/s1. The van der Waals surface area contributed by atoms with Crippen molar-refractivity contribution in [2.45, 2.75) is 19.4 Å². The van der Waals surface area contributed by atoms with Crippen LogP contribution in [-0.4, -0.2) is 55.1 Å². The maximum Gasteiger partial charge on any atom is 0.274 e. The summed E-state index contributed by atoms with van der Waals surface area (Å²) in [6.07, 6.45) is 0.400. The zero-order valence-electron chi connectivity index (χ0n) is 14.8. The molecule has 7 nitrogen and oxygen atoms in total. The summed E-state index contributed by atoms with van der Waals surface area (Å²) in [5.74, 6) is -0.111. The van der Waals surface area contributed by atoms with E-state index in [0.29, 0.717) is 18.7 Å². The maximum atomic E-state index is 12.5. The first-order valence-corrected chi connectivity index (χ1v) is 8.16. The fraction of sp³-hybridized carbons (Fsp3) is 0.389. The molecule has 1 heterocycles. The first kappa shape index (κ1) is 18.7. The lowest BCUT2D eigenvalue weighted by molar-refractivity contribution is -0.123. The molecule has 1 aromatic heterocycles. The molecule has 0 aliphatic carbocycles. The predicted octanol–water partition coefficient (Wildman–Crippen LogP) is 1.00. The Morgan fingerprint density at radius 2 is 1.96 bits per heavy atom. The van der Waals surface area contributed by atoms with Crippen LogP contribution in [0.2, 0.25) is 0 Å².